The van der Waals surface area contributed by atoms with Crippen LogP contribution in [0.2, 0.25) is 0 Å². The summed E-state index contributed by atoms with van der Waals surface area (Å²) in [6, 6.07) is 0. The van der Waals surface area contributed by atoms with Gasteiger partial charge in [0.2, 0.25) is 0 Å². The van der Waals surface area contributed by atoms with E-state index in [1.165, 1.54) is 0 Å². The van der Waals surface area contributed by atoms with Gasteiger partial charge in [0, 0.05) is 38.7 Å². The van der Waals surface area contributed by atoms with Crippen molar-refractivity contribution in [2.75, 3.05) is 43.6 Å². The molecular weight excluding hydrogens is 228 g/mol. The van der Waals surface area contributed by atoms with Gasteiger partial charge in [0.25, 0.3) is 0 Å². The number of ether oxygens (including phenoxy) is 1. The maximum absolute atomic E-state index is 5.50. The van der Waals surface area contributed by atoms with Gasteiger partial charge in [-0.2, -0.15) is 0 Å². The molecule has 18 heavy (non-hydrogen) atoms. The van der Waals surface area contributed by atoms with E-state index < -0.39 is 0 Å². The summed E-state index contributed by atoms with van der Waals surface area (Å²) < 4.78 is 5.50. The third-order valence-electron chi connectivity index (χ3n) is 3.24. The van der Waals surface area contributed by atoms with E-state index in [0.717, 1.165) is 62.2 Å². The summed E-state index contributed by atoms with van der Waals surface area (Å²) >= 11 is 0. The maximum atomic E-state index is 5.50. The number of aromatic nitrogens is 2. The molecule has 0 spiro atoms. The number of aryl methyl sites for hydroxylation is 1. The summed E-state index contributed by atoms with van der Waals surface area (Å²) in [5.74, 6) is 2.88. The van der Waals surface area contributed by atoms with E-state index in [1.54, 1.807) is 0 Å². The maximum Gasteiger partial charge on any atom is 0.137 e. The molecule has 0 radical (unpaired) electrons. The molecule has 5 heteroatoms. The summed E-state index contributed by atoms with van der Waals surface area (Å²) in [5.41, 5.74) is 1.12. The molecule has 0 atom stereocenters. The molecule has 1 N–H and O–H groups in total. The van der Waals surface area contributed by atoms with Crippen molar-refractivity contribution < 1.29 is 4.74 Å². The number of nitrogens with zero attached hydrogens (tertiary/aromatic N) is 3. The Morgan fingerprint density at radius 3 is 2.83 bits per heavy atom. The van der Waals surface area contributed by atoms with Gasteiger partial charge >= 0.3 is 0 Å². The molecule has 0 unspecified atom stereocenters. The topological polar surface area (TPSA) is 50.3 Å². The van der Waals surface area contributed by atoms with Gasteiger partial charge in [-0.15, -0.1) is 0 Å². The summed E-state index contributed by atoms with van der Waals surface area (Å²) in [7, 11) is 1.91. The van der Waals surface area contributed by atoms with Crippen molar-refractivity contribution in [2.24, 2.45) is 0 Å². The van der Waals surface area contributed by atoms with Crippen LogP contribution >= 0.6 is 0 Å². The molecule has 2 rings (SSSR count). The van der Waals surface area contributed by atoms with Crippen molar-refractivity contribution in [1.82, 2.24) is 9.97 Å². The highest BCUT2D eigenvalue weighted by molar-refractivity contribution is 5.58. The molecule has 5 nitrogen and oxygen atoms in total. The summed E-state index contributed by atoms with van der Waals surface area (Å²) in [6.07, 6.45) is 1.91. The molecule has 0 amide bonds. The monoisotopic (exact) mass is 250 g/mol. The van der Waals surface area contributed by atoms with Crippen LogP contribution in [0.3, 0.4) is 0 Å². The van der Waals surface area contributed by atoms with Gasteiger partial charge in [-0.25, -0.2) is 9.97 Å². The number of nitrogens with one attached hydrogen (secondary N) is 1. The first-order chi connectivity index (χ1) is 8.76. The van der Waals surface area contributed by atoms with E-state index in [-0.39, 0.29) is 0 Å². The first kappa shape index (κ1) is 13.1. The fourth-order valence-electron chi connectivity index (χ4n) is 2.22. The highest BCUT2D eigenvalue weighted by Gasteiger charge is 2.17. The van der Waals surface area contributed by atoms with Crippen molar-refractivity contribution >= 4 is 11.6 Å². The molecule has 0 bridgehead atoms. The predicted molar refractivity (Wildman–Crippen MR) is 73.3 cm³/mol. The average molecular weight is 250 g/mol. The molecule has 1 aliphatic rings. The Bertz CT molecular complexity index is 400. The summed E-state index contributed by atoms with van der Waals surface area (Å²) in [6.45, 7) is 7.69. The molecule has 100 valence electrons. The predicted octanol–water partition coefficient (Wildman–Crippen LogP) is 1.62. The van der Waals surface area contributed by atoms with Crippen molar-refractivity contribution in [2.45, 2.75) is 26.7 Å². The van der Waals surface area contributed by atoms with E-state index in [9.17, 15) is 0 Å². The van der Waals surface area contributed by atoms with Gasteiger partial charge in [0.15, 0.2) is 0 Å². The van der Waals surface area contributed by atoms with Gasteiger partial charge < -0.3 is 15.0 Å². The van der Waals surface area contributed by atoms with E-state index >= 15 is 0 Å². The van der Waals surface area contributed by atoms with Crippen LogP contribution < -0.4 is 10.2 Å². The Hall–Kier alpha value is -1.36. The first-order valence-electron chi connectivity index (χ1n) is 6.64. The lowest BCUT2D eigenvalue weighted by molar-refractivity contribution is 0.152. The number of hydrogen-bond donors (Lipinski definition) is 1. The van der Waals surface area contributed by atoms with Crippen LogP contribution in [0.1, 0.15) is 24.7 Å². The van der Waals surface area contributed by atoms with Gasteiger partial charge in [0.1, 0.15) is 17.5 Å². The van der Waals surface area contributed by atoms with Crippen molar-refractivity contribution in [1.29, 1.82) is 0 Å². The van der Waals surface area contributed by atoms with Crippen LogP contribution in [0, 0.1) is 6.92 Å². The second kappa shape index (κ2) is 6.00. The molecule has 1 aromatic rings. The molecule has 0 saturated carbocycles. The fourth-order valence-corrected chi connectivity index (χ4v) is 2.22. The Balaban J connectivity index is 2.34. The lowest BCUT2D eigenvalue weighted by Crippen LogP contribution is -2.28. The minimum Gasteiger partial charge on any atom is -0.380 e. The molecular formula is C13H22N4O. The minimum absolute atomic E-state index is 0.778. The first-order valence-corrected chi connectivity index (χ1v) is 6.64. The molecule has 1 aliphatic heterocycles. The minimum atomic E-state index is 0.778. The highest BCUT2D eigenvalue weighted by Crippen LogP contribution is 2.24. The van der Waals surface area contributed by atoms with E-state index in [2.05, 4.69) is 34.0 Å². The largest absolute Gasteiger partial charge is 0.380 e. The summed E-state index contributed by atoms with van der Waals surface area (Å²) in [4.78, 5) is 11.5. The van der Waals surface area contributed by atoms with Crippen LogP contribution in [0.5, 0.6) is 0 Å². The molecule has 0 aliphatic carbocycles. The second-order valence-electron chi connectivity index (χ2n) is 4.49. The zero-order chi connectivity index (χ0) is 13.0. The van der Waals surface area contributed by atoms with Gasteiger partial charge in [0.05, 0.1) is 6.61 Å². The number of anilines is 2. The highest BCUT2D eigenvalue weighted by atomic mass is 16.5. The molecule has 1 saturated heterocycles. The normalized spacial score (nSPS) is 16.5. The standard InChI is InChI=1S/C13H22N4O/c1-4-11-15-12(14-3)10(2)13(16-11)17-6-5-8-18-9-7-17/h4-9H2,1-3H3,(H,14,15,16). The second-order valence-corrected chi connectivity index (χ2v) is 4.49. The van der Waals surface area contributed by atoms with Crippen molar-refractivity contribution in [3.8, 4) is 0 Å². The van der Waals surface area contributed by atoms with Crippen LogP contribution in [-0.4, -0.2) is 43.3 Å². The van der Waals surface area contributed by atoms with Gasteiger partial charge in [-0.05, 0) is 13.3 Å². The Labute approximate surface area is 109 Å². The van der Waals surface area contributed by atoms with E-state index in [0.29, 0.717) is 0 Å². The van der Waals surface area contributed by atoms with Gasteiger partial charge in [-0.3, -0.25) is 0 Å². The third-order valence-corrected chi connectivity index (χ3v) is 3.24. The smallest absolute Gasteiger partial charge is 0.137 e. The van der Waals surface area contributed by atoms with E-state index in [1.807, 2.05) is 7.05 Å². The van der Waals surface area contributed by atoms with Crippen LogP contribution in [0.4, 0.5) is 11.6 Å². The molecule has 0 aromatic carbocycles. The lowest BCUT2D eigenvalue weighted by Gasteiger charge is -2.24. The Morgan fingerprint density at radius 1 is 1.28 bits per heavy atom. The molecule has 2 heterocycles. The van der Waals surface area contributed by atoms with Gasteiger partial charge in [-0.1, -0.05) is 6.92 Å². The quantitative estimate of drug-likeness (QED) is 0.883. The Morgan fingerprint density at radius 2 is 2.11 bits per heavy atom. The zero-order valence-electron chi connectivity index (χ0n) is 11.5. The fraction of sp³-hybridized carbons (Fsp3) is 0.692. The molecule has 1 fully saturated rings. The third kappa shape index (κ3) is 2.72. The number of hydrogen-bond acceptors (Lipinski definition) is 5. The van der Waals surface area contributed by atoms with E-state index in [4.69, 9.17) is 4.74 Å². The van der Waals surface area contributed by atoms with Crippen LogP contribution in [0.25, 0.3) is 0 Å². The Kier molecular flexibility index (Phi) is 4.36. The van der Waals surface area contributed by atoms with Crippen LogP contribution in [0.15, 0.2) is 0 Å². The van der Waals surface area contributed by atoms with Crippen molar-refractivity contribution in [3.63, 3.8) is 0 Å². The van der Waals surface area contributed by atoms with Crippen molar-refractivity contribution in [3.05, 3.63) is 11.4 Å². The molecule has 1 aromatic heterocycles. The average Bonchev–Trinajstić information content (AvgIpc) is 2.68. The SMILES string of the molecule is CCc1nc(NC)c(C)c(N2CCCOCC2)n1. The number of rotatable bonds is 3. The summed E-state index contributed by atoms with van der Waals surface area (Å²) in [5, 5.41) is 3.16. The zero-order valence-corrected chi connectivity index (χ0v) is 11.5. The van der Waals surface area contributed by atoms with Crippen LogP contribution in [-0.2, 0) is 11.2 Å². The lowest BCUT2D eigenvalue weighted by atomic mass is 10.2.